The summed E-state index contributed by atoms with van der Waals surface area (Å²) in [4.78, 5) is 23.8. The highest BCUT2D eigenvalue weighted by Gasteiger charge is 2.09. The van der Waals surface area contributed by atoms with Crippen molar-refractivity contribution in [2.45, 2.75) is 32.9 Å². The van der Waals surface area contributed by atoms with Crippen molar-refractivity contribution in [2.24, 2.45) is 0 Å². The molecule has 0 saturated carbocycles. The van der Waals surface area contributed by atoms with Gasteiger partial charge in [-0.05, 0) is 42.5 Å². The maximum atomic E-state index is 12.0. The Balaban J connectivity index is 1.89. The Morgan fingerprint density at radius 3 is 2.41 bits per heavy atom. The molecular weight excluding hydrogens is 296 g/mol. The summed E-state index contributed by atoms with van der Waals surface area (Å²) in [5.41, 5.74) is 2.27. The number of nitrogens with one attached hydrogen (secondary N) is 2. The van der Waals surface area contributed by atoms with E-state index in [9.17, 15) is 9.59 Å². The Morgan fingerprint density at radius 2 is 1.82 bits per heavy atom. The number of carbonyl (C=O) groups excluding carboxylic acids is 2. The Labute approximate surface area is 134 Å². The zero-order valence-electron chi connectivity index (χ0n) is 12.8. The van der Waals surface area contributed by atoms with Gasteiger partial charge in [0.15, 0.2) is 0 Å². The fourth-order valence-corrected chi connectivity index (χ4v) is 2.50. The van der Waals surface area contributed by atoms with Gasteiger partial charge in [0.1, 0.15) is 0 Å². The first-order valence-electron chi connectivity index (χ1n) is 7.30. The molecule has 0 saturated heterocycles. The van der Waals surface area contributed by atoms with Crippen LogP contribution in [0.15, 0.2) is 41.1 Å². The fourth-order valence-electron chi connectivity index (χ4n) is 1.86. The van der Waals surface area contributed by atoms with E-state index in [1.54, 1.807) is 18.2 Å². The second-order valence-corrected chi connectivity index (χ2v) is 5.95. The Kier molecular flexibility index (Phi) is 5.72. The van der Waals surface area contributed by atoms with E-state index in [1.807, 2.05) is 36.7 Å². The summed E-state index contributed by atoms with van der Waals surface area (Å²) in [5, 5.41) is 9.48. The zero-order valence-corrected chi connectivity index (χ0v) is 13.6. The van der Waals surface area contributed by atoms with Gasteiger partial charge in [0.25, 0.3) is 11.8 Å². The molecule has 2 amide bonds. The van der Waals surface area contributed by atoms with Crippen molar-refractivity contribution in [2.75, 3.05) is 0 Å². The molecule has 0 fully saturated rings. The molecule has 0 spiro atoms. The predicted molar refractivity (Wildman–Crippen MR) is 89.2 cm³/mol. The van der Waals surface area contributed by atoms with Gasteiger partial charge in [-0.15, -0.1) is 0 Å². The van der Waals surface area contributed by atoms with Crippen molar-refractivity contribution < 1.29 is 9.59 Å². The molecule has 1 heterocycles. The Morgan fingerprint density at radius 1 is 1.09 bits per heavy atom. The molecule has 1 atom stereocenters. The van der Waals surface area contributed by atoms with Gasteiger partial charge >= 0.3 is 0 Å². The van der Waals surface area contributed by atoms with Crippen molar-refractivity contribution in [3.8, 4) is 0 Å². The summed E-state index contributed by atoms with van der Waals surface area (Å²) < 4.78 is 0. The third-order valence-corrected chi connectivity index (χ3v) is 4.13. The number of carbonyl (C=O) groups is 2. The fraction of sp³-hybridized carbons (Fsp3) is 0.294. The number of amides is 2. The highest BCUT2D eigenvalue weighted by atomic mass is 32.1. The predicted octanol–water partition coefficient (Wildman–Crippen LogP) is 3.21. The molecule has 0 aliphatic carbocycles. The molecule has 2 N–H and O–H groups in total. The van der Waals surface area contributed by atoms with E-state index in [4.69, 9.17) is 0 Å². The molecule has 1 aromatic carbocycles. The van der Waals surface area contributed by atoms with Crippen LogP contribution in [0.4, 0.5) is 0 Å². The molecule has 1 unspecified atom stereocenters. The van der Waals surface area contributed by atoms with Crippen molar-refractivity contribution in [1.82, 2.24) is 10.6 Å². The smallest absolute Gasteiger partial charge is 0.252 e. The minimum atomic E-state index is -0.0835. The maximum Gasteiger partial charge on any atom is 0.252 e. The number of hydrogen-bond donors (Lipinski definition) is 2. The van der Waals surface area contributed by atoms with E-state index in [0.717, 1.165) is 12.0 Å². The van der Waals surface area contributed by atoms with Crippen LogP contribution in [-0.4, -0.2) is 17.9 Å². The largest absolute Gasteiger partial charge is 0.350 e. The zero-order chi connectivity index (χ0) is 15.9. The molecule has 5 heteroatoms. The highest BCUT2D eigenvalue weighted by Crippen LogP contribution is 2.08. The van der Waals surface area contributed by atoms with Crippen LogP contribution in [0.3, 0.4) is 0 Å². The van der Waals surface area contributed by atoms with Crippen molar-refractivity contribution in [3.05, 3.63) is 57.8 Å². The molecular formula is C17H20N2O2S. The summed E-state index contributed by atoms with van der Waals surface area (Å²) in [7, 11) is 0. The monoisotopic (exact) mass is 316 g/mol. The maximum absolute atomic E-state index is 12.0. The van der Waals surface area contributed by atoms with Crippen molar-refractivity contribution in [3.63, 3.8) is 0 Å². The molecule has 2 rings (SSSR count). The molecule has 0 aliphatic heterocycles. The molecule has 2 aromatic rings. The summed E-state index contributed by atoms with van der Waals surface area (Å²) in [6.07, 6.45) is 0.901. The van der Waals surface area contributed by atoms with Crippen molar-refractivity contribution >= 4 is 23.2 Å². The van der Waals surface area contributed by atoms with E-state index in [0.29, 0.717) is 17.7 Å². The number of thiophene rings is 1. The first kappa shape index (κ1) is 16.2. The van der Waals surface area contributed by atoms with Crippen LogP contribution in [0.1, 0.15) is 46.5 Å². The van der Waals surface area contributed by atoms with E-state index in [2.05, 4.69) is 10.6 Å². The molecule has 1 aromatic heterocycles. The average Bonchev–Trinajstić information content (AvgIpc) is 3.07. The number of benzene rings is 1. The lowest BCUT2D eigenvalue weighted by Gasteiger charge is -2.11. The van der Waals surface area contributed by atoms with E-state index in [1.165, 1.54) is 11.3 Å². The summed E-state index contributed by atoms with van der Waals surface area (Å²) in [6, 6.07) is 9.24. The normalized spacial score (nSPS) is 11.7. The quantitative estimate of drug-likeness (QED) is 0.860. The molecule has 22 heavy (non-hydrogen) atoms. The van der Waals surface area contributed by atoms with Crippen LogP contribution in [0, 0.1) is 0 Å². The van der Waals surface area contributed by atoms with Crippen molar-refractivity contribution in [1.29, 1.82) is 0 Å². The molecule has 0 radical (unpaired) electrons. The average molecular weight is 316 g/mol. The van der Waals surface area contributed by atoms with E-state index < -0.39 is 0 Å². The Bertz CT molecular complexity index is 621. The topological polar surface area (TPSA) is 58.2 Å². The standard InChI is InChI=1S/C17H20N2O2S/c1-3-12(2)19-17(21)14-6-4-13(5-7-14)10-18-16(20)15-8-9-22-11-15/h4-9,11-12H,3,10H2,1-2H3,(H,18,20)(H,19,21). The third-order valence-electron chi connectivity index (χ3n) is 3.44. The van der Waals surface area contributed by atoms with Gasteiger partial charge in [0.05, 0.1) is 0 Å². The number of rotatable bonds is 6. The van der Waals surface area contributed by atoms with Gasteiger partial charge in [-0.3, -0.25) is 9.59 Å². The van der Waals surface area contributed by atoms with Crippen LogP contribution in [0.25, 0.3) is 0 Å². The van der Waals surface area contributed by atoms with Gasteiger partial charge in [0, 0.05) is 29.1 Å². The third kappa shape index (κ3) is 4.43. The van der Waals surface area contributed by atoms with Gasteiger partial charge in [-0.2, -0.15) is 11.3 Å². The second-order valence-electron chi connectivity index (χ2n) is 5.17. The minimum absolute atomic E-state index is 0.0665. The molecule has 0 aliphatic rings. The highest BCUT2D eigenvalue weighted by molar-refractivity contribution is 7.08. The lowest BCUT2D eigenvalue weighted by atomic mass is 10.1. The van der Waals surface area contributed by atoms with Crippen LogP contribution in [0.5, 0.6) is 0 Å². The molecule has 4 nitrogen and oxygen atoms in total. The van der Waals surface area contributed by atoms with Gasteiger partial charge in [-0.1, -0.05) is 19.1 Å². The van der Waals surface area contributed by atoms with Gasteiger partial charge in [-0.25, -0.2) is 0 Å². The second kappa shape index (κ2) is 7.75. The van der Waals surface area contributed by atoms with Crippen LogP contribution in [-0.2, 0) is 6.54 Å². The van der Waals surface area contributed by atoms with Gasteiger partial charge < -0.3 is 10.6 Å². The first-order chi connectivity index (χ1) is 10.6. The van der Waals surface area contributed by atoms with Crippen LogP contribution < -0.4 is 10.6 Å². The van der Waals surface area contributed by atoms with E-state index in [-0.39, 0.29) is 17.9 Å². The minimum Gasteiger partial charge on any atom is -0.350 e. The molecule has 0 bridgehead atoms. The van der Waals surface area contributed by atoms with Crippen LogP contribution in [0.2, 0.25) is 0 Å². The summed E-state index contributed by atoms with van der Waals surface area (Å²) >= 11 is 1.50. The summed E-state index contributed by atoms with van der Waals surface area (Å²) in [5.74, 6) is -0.150. The number of hydrogen-bond acceptors (Lipinski definition) is 3. The lowest BCUT2D eigenvalue weighted by Crippen LogP contribution is -2.31. The van der Waals surface area contributed by atoms with Crippen LogP contribution >= 0.6 is 11.3 Å². The lowest BCUT2D eigenvalue weighted by molar-refractivity contribution is 0.0934. The SMILES string of the molecule is CCC(C)NC(=O)c1ccc(CNC(=O)c2ccsc2)cc1. The summed E-state index contributed by atoms with van der Waals surface area (Å²) in [6.45, 7) is 4.46. The van der Waals surface area contributed by atoms with Gasteiger partial charge in [0.2, 0.25) is 0 Å². The Hall–Kier alpha value is -2.14. The molecule has 116 valence electrons. The first-order valence-corrected chi connectivity index (χ1v) is 8.24. The van der Waals surface area contributed by atoms with E-state index >= 15 is 0 Å².